The van der Waals surface area contributed by atoms with E-state index in [0.717, 1.165) is 57.0 Å². The zero-order chi connectivity index (χ0) is 20.6. The lowest BCUT2D eigenvalue weighted by Gasteiger charge is -2.33. The van der Waals surface area contributed by atoms with Crippen LogP contribution in [0, 0.1) is 0 Å². The molecule has 1 unspecified atom stereocenters. The number of hydrogen-bond donors (Lipinski definition) is 0. The average molecular weight is 396 g/mol. The van der Waals surface area contributed by atoms with Gasteiger partial charge in [0.15, 0.2) is 0 Å². The molecule has 1 saturated heterocycles. The molecule has 0 bridgehead atoms. The van der Waals surface area contributed by atoms with E-state index >= 15 is 0 Å². The molecule has 1 fully saturated rings. The van der Waals surface area contributed by atoms with Crippen LogP contribution in [-0.4, -0.2) is 62.1 Å². The maximum absolute atomic E-state index is 13.6. The van der Waals surface area contributed by atoms with E-state index in [9.17, 15) is 4.79 Å². The van der Waals surface area contributed by atoms with Gasteiger partial charge in [0.2, 0.25) is 5.91 Å². The third-order valence-electron chi connectivity index (χ3n) is 5.77. The van der Waals surface area contributed by atoms with Gasteiger partial charge in [-0.2, -0.15) is 0 Å². The van der Waals surface area contributed by atoms with Crippen LogP contribution in [0.2, 0.25) is 0 Å². The second-order valence-electron chi connectivity index (χ2n) is 7.40. The summed E-state index contributed by atoms with van der Waals surface area (Å²) in [5.41, 5.74) is 2.26. The number of likely N-dealkylation sites (N-methyl/N-ethyl adjacent to an activating group) is 1. The van der Waals surface area contributed by atoms with Crippen molar-refractivity contribution in [2.75, 3.05) is 51.3 Å². The molecular weight excluding hydrogens is 362 g/mol. The third-order valence-corrected chi connectivity index (χ3v) is 5.77. The lowest BCUT2D eigenvalue weighted by Crippen LogP contribution is -2.44. The third kappa shape index (κ3) is 5.10. The van der Waals surface area contributed by atoms with Crippen LogP contribution in [0.5, 0.6) is 5.75 Å². The lowest BCUT2D eigenvalue weighted by molar-refractivity contribution is -0.137. The van der Waals surface area contributed by atoms with Crippen molar-refractivity contribution in [3.63, 3.8) is 0 Å². The normalized spacial score (nSPS) is 15.9. The first-order valence-electron chi connectivity index (χ1n) is 10.6. The molecule has 2 aromatic rings. The monoisotopic (exact) mass is 395 g/mol. The Kier molecular flexibility index (Phi) is 7.53. The van der Waals surface area contributed by atoms with Crippen LogP contribution in [-0.2, 0) is 4.79 Å². The largest absolute Gasteiger partial charge is 0.497 e. The van der Waals surface area contributed by atoms with Crippen molar-refractivity contribution in [2.45, 2.75) is 26.3 Å². The van der Waals surface area contributed by atoms with E-state index < -0.39 is 0 Å². The second kappa shape index (κ2) is 10.3. The fourth-order valence-electron chi connectivity index (χ4n) is 4.10. The smallest absolute Gasteiger partial charge is 0.244 e. The van der Waals surface area contributed by atoms with Gasteiger partial charge in [-0.3, -0.25) is 9.69 Å². The van der Waals surface area contributed by atoms with E-state index in [4.69, 9.17) is 4.74 Å². The quantitative estimate of drug-likeness (QED) is 0.714. The van der Waals surface area contributed by atoms with E-state index in [1.54, 1.807) is 7.11 Å². The highest BCUT2D eigenvalue weighted by Crippen LogP contribution is 2.25. The molecule has 1 atom stereocenters. The summed E-state index contributed by atoms with van der Waals surface area (Å²) in [6.45, 7) is 9.31. The maximum atomic E-state index is 13.6. The molecular formula is C24H33N3O2. The molecule has 5 heteroatoms. The van der Waals surface area contributed by atoms with Crippen molar-refractivity contribution >= 4 is 11.6 Å². The molecule has 0 aliphatic carbocycles. The van der Waals surface area contributed by atoms with E-state index in [1.165, 1.54) is 5.69 Å². The van der Waals surface area contributed by atoms with Crippen molar-refractivity contribution in [2.24, 2.45) is 0 Å². The number of amides is 1. The summed E-state index contributed by atoms with van der Waals surface area (Å²) in [5, 5.41) is 0. The van der Waals surface area contributed by atoms with E-state index in [1.807, 2.05) is 30.3 Å². The Labute approximate surface area is 174 Å². The van der Waals surface area contributed by atoms with Crippen molar-refractivity contribution in [1.82, 2.24) is 9.80 Å². The Bertz CT molecular complexity index is 759. The van der Waals surface area contributed by atoms with Crippen molar-refractivity contribution in [3.05, 3.63) is 60.2 Å². The summed E-state index contributed by atoms with van der Waals surface area (Å²) in [5.74, 6) is 1.08. The molecule has 29 heavy (non-hydrogen) atoms. The van der Waals surface area contributed by atoms with Crippen molar-refractivity contribution in [1.29, 1.82) is 0 Å². The first-order chi connectivity index (χ1) is 14.2. The first-order valence-corrected chi connectivity index (χ1v) is 10.6. The number of rotatable bonds is 7. The van der Waals surface area contributed by atoms with Gasteiger partial charge in [-0.25, -0.2) is 0 Å². The van der Waals surface area contributed by atoms with Gasteiger partial charge in [0, 0.05) is 31.9 Å². The predicted molar refractivity (Wildman–Crippen MR) is 119 cm³/mol. The number of anilines is 1. The predicted octanol–water partition coefficient (Wildman–Crippen LogP) is 3.82. The number of methoxy groups -OCH3 is 1. The molecule has 0 N–H and O–H groups in total. The minimum absolute atomic E-state index is 0.210. The van der Waals surface area contributed by atoms with Gasteiger partial charge in [-0.1, -0.05) is 44.2 Å². The minimum Gasteiger partial charge on any atom is -0.497 e. The fraction of sp³-hybridized carbons (Fsp3) is 0.458. The number of carbonyl (C=O) groups is 1. The van der Waals surface area contributed by atoms with Gasteiger partial charge in [-0.05, 0) is 49.3 Å². The highest BCUT2D eigenvalue weighted by Gasteiger charge is 2.31. The van der Waals surface area contributed by atoms with Crippen LogP contribution in [0.25, 0.3) is 0 Å². The summed E-state index contributed by atoms with van der Waals surface area (Å²) < 4.78 is 5.27. The van der Waals surface area contributed by atoms with E-state index in [-0.39, 0.29) is 11.9 Å². The molecule has 0 saturated carbocycles. The molecule has 1 aliphatic rings. The minimum atomic E-state index is -0.210. The molecule has 1 aliphatic heterocycles. The first kappa shape index (κ1) is 21.2. The van der Waals surface area contributed by atoms with Gasteiger partial charge < -0.3 is 14.5 Å². The maximum Gasteiger partial charge on any atom is 0.244 e. The van der Waals surface area contributed by atoms with Crippen LogP contribution >= 0.6 is 0 Å². The highest BCUT2D eigenvalue weighted by atomic mass is 16.5. The zero-order valence-electron chi connectivity index (χ0n) is 17.9. The number of ether oxygens (including phenoxy) is 1. The van der Waals surface area contributed by atoms with Crippen LogP contribution < -0.4 is 9.64 Å². The molecule has 1 amide bonds. The topological polar surface area (TPSA) is 36.0 Å². The number of benzene rings is 2. The Hall–Kier alpha value is -2.53. The molecule has 3 rings (SSSR count). The Morgan fingerprint density at radius 2 is 1.66 bits per heavy atom. The lowest BCUT2D eigenvalue weighted by atomic mass is 10.0. The second-order valence-corrected chi connectivity index (χ2v) is 7.40. The van der Waals surface area contributed by atoms with Crippen LogP contribution in [0.15, 0.2) is 54.6 Å². The van der Waals surface area contributed by atoms with Gasteiger partial charge >= 0.3 is 0 Å². The van der Waals surface area contributed by atoms with Gasteiger partial charge in [0.1, 0.15) is 11.8 Å². The van der Waals surface area contributed by atoms with Crippen LogP contribution in [0.1, 0.15) is 31.9 Å². The van der Waals surface area contributed by atoms with Crippen LogP contribution in [0.3, 0.4) is 0 Å². The van der Waals surface area contributed by atoms with Crippen molar-refractivity contribution < 1.29 is 9.53 Å². The molecule has 0 aromatic heterocycles. The summed E-state index contributed by atoms with van der Waals surface area (Å²) >= 11 is 0. The summed E-state index contributed by atoms with van der Waals surface area (Å²) in [6, 6.07) is 18.2. The standard InChI is InChI=1S/C24H33N3O2/c1-4-25(5-2)23(20-10-7-6-8-11-20)24(28)27-17-9-16-26(18-19-27)21-12-14-22(29-3)15-13-21/h6-8,10-15,23H,4-5,9,16-19H2,1-3H3. The molecule has 156 valence electrons. The SMILES string of the molecule is CCN(CC)C(C(=O)N1CCCN(c2ccc(OC)cc2)CC1)c1ccccc1. The van der Waals surface area contributed by atoms with Gasteiger partial charge in [-0.15, -0.1) is 0 Å². The fourth-order valence-corrected chi connectivity index (χ4v) is 4.10. The Morgan fingerprint density at radius 3 is 2.28 bits per heavy atom. The number of nitrogens with zero attached hydrogens (tertiary/aromatic N) is 3. The molecule has 0 radical (unpaired) electrons. The summed E-state index contributed by atoms with van der Waals surface area (Å²) in [6.07, 6.45) is 0.970. The van der Waals surface area contributed by atoms with E-state index in [2.05, 4.69) is 52.8 Å². The highest BCUT2D eigenvalue weighted by molar-refractivity contribution is 5.83. The van der Waals surface area contributed by atoms with Crippen molar-refractivity contribution in [3.8, 4) is 5.75 Å². The van der Waals surface area contributed by atoms with Gasteiger partial charge in [0.25, 0.3) is 0 Å². The Morgan fingerprint density at radius 1 is 0.966 bits per heavy atom. The summed E-state index contributed by atoms with van der Waals surface area (Å²) in [4.78, 5) is 20.3. The van der Waals surface area contributed by atoms with Gasteiger partial charge in [0.05, 0.1) is 7.11 Å². The van der Waals surface area contributed by atoms with Crippen LogP contribution in [0.4, 0.5) is 5.69 Å². The molecule has 2 aromatic carbocycles. The summed E-state index contributed by atoms with van der Waals surface area (Å²) in [7, 11) is 1.68. The Balaban J connectivity index is 1.73. The van der Waals surface area contributed by atoms with E-state index in [0.29, 0.717) is 0 Å². The average Bonchev–Trinajstić information content (AvgIpc) is 3.04. The number of hydrogen-bond acceptors (Lipinski definition) is 4. The molecule has 1 heterocycles. The number of carbonyl (C=O) groups excluding carboxylic acids is 1. The molecule has 0 spiro atoms. The zero-order valence-corrected chi connectivity index (χ0v) is 17.9. The molecule has 5 nitrogen and oxygen atoms in total.